The Bertz CT molecular complexity index is 1510. The average molecular weight is 639 g/mol. The third kappa shape index (κ3) is 8.16. The lowest BCUT2D eigenvalue weighted by atomic mass is 10.1. The van der Waals surface area contributed by atoms with E-state index in [4.69, 9.17) is 34.8 Å². The van der Waals surface area contributed by atoms with Crippen LogP contribution in [-0.4, -0.2) is 43.8 Å². The van der Waals surface area contributed by atoms with Crippen molar-refractivity contribution >= 4 is 62.3 Å². The predicted octanol–water partition coefficient (Wildman–Crippen LogP) is 6.79. The summed E-state index contributed by atoms with van der Waals surface area (Å²) in [6.07, 6.45) is 0.706. The Balaban J connectivity index is 2.07. The molecule has 41 heavy (non-hydrogen) atoms. The van der Waals surface area contributed by atoms with Crippen molar-refractivity contribution in [2.45, 2.75) is 64.6 Å². The molecule has 0 saturated carbocycles. The smallest absolute Gasteiger partial charge is 0.264 e. The molecule has 3 aromatic carbocycles. The SMILES string of the molecule is CC[C@@H](C)NC(=O)[C@H](C)N(Cc1ccc(Cl)c(Cl)c1)C(=O)CN(c1ccc(Cl)cc1C)S(=O)(=O)c1ccc(C)cc1. The number of hydrogen-bond acceptors (Lipinski definition) is 4. The van der Waals surface area contributed by atoms with Gasteiger partial charge in [0.1, 0.15) is 12.6 Å². The monoisotopic (exact) mass is 637 g/mol. The van der Waals surface area contributed by atoms with Gasteiger partial charge in [-0.2, -0.15) is 0 Å². The molecule has 0 spiro atoms. The van der Waals surface area contributed by atoms with E-state index in [-0.39, 0.29) is 23.4 Å². The maximum atomic E-state index is 14.0. The van der Waals surface area contributed by atoms with Crippen molar-refractivity contribution in [2.24, 2.45) is 0 Å². The first kappa shape index (κ1) is 32.7. The zero-order valence-corrected chi connectivity index (χ0v) is 26.7. The van der Waals surface area contributed by atoms with E-state index < -0.39 is 28.5 Å². The molecule has 0 heterocycles. The van der Waals surface area contributed by atoms with E-state index in [9.17, 15) is 18.0 Å². The summed E-state index contributed by atoms with van der Waals surface area (Å²) in [6, 6.07) is 15.1. The van der Waals surface area contributed by atoms with Crippen LogP contribution in [0, 0.1) is 13.8 Å². The van der Waals surface area contributed by atoms with Crippen molar-refractivity contribution in [1.29, 1.82) is 0 Å². The van der Waals surface area contributed by atoms with Crippen LogP contribution in [0.1, 0.15) is 43.9 Å². The fourth-order valence-electron chi connectivity index (χ4n) is 4.13. The van der Waals surface area contributed by atoms with Gasteiger partial charge >= 0.3 is 0 Å². The average Bonchev–Trinajstić information content (AvgIpc) is 2.92. The van der Waals surface area contributed by atoms with E-state index >= 15 is 0 Å². The highest BCUT2D eigenvalue weighted by Crippen LogP contribution is 2.30. The van der Waals surface area contributed by atoms with Gasteiger partial charge < -0.3 is 10.2 Å². The molecule has 3 aromatic rings. The number of aryl methyl sites for hydroxylation is 2. The fraction of sp³-hybridized carbons (Fsp3) is 0.333. The summed E-state index contributed by atoms with van der Waals surface area (Å²) in [4.78, 5) is 28.6. The summed E-state index contributed by atoms with van der Waals surface area (Å²) in [7, 11) is -4.19. The van der Waals surface area contributed by atoms with E-state index in [2.05, 4.69) is 5.32 Å². The number of anilines is 1. The zero-order valence-electron chi connectivity index (χ0n) is 23.6. The van der Waals surface area contributed by atoms with E-state index in [1.807, 2.05) is 20.8 Å². The Labute approximate surface area is 257 Å². The van der Waals surface area contributed by atoms with Crippen LogP contribution in [0.5, 0.6) is 0 Å². The number of carbonyl (C=O) groups excluding carboxylic acids is 2. The molecule has 0 aliphatic heterocycles. The molecular weight excluding hydrogens is 605 g/mol. The number of halogens is 3. The molecule has 7 nitrogen and oxygen atoms in total. The second-order valence-corrected chi connectivity index (χ2v) is 13.1. The number of nitrogens with one attached hydrogen (secondary N) is 1. The predicted molar refractivity (Wildman–Crippen MR) is 166 cm³/mol. The van der Waals surface area contributed by atoms with Crippen molar-refractivity contribution in [3.8, 4) is 0 Å². The van der Waals surface area contributed by atoms with Gasteiger partial charge in [0.2, 0.25) is 11.8 Å². The number of sulfonamides is 1. The van der Waals surface area contributed by atoms with Gasteiger partial charge in [-0.3, -0.25) is 13.9 Å². The Morgan fingerprint density at radius 2 is 1.56 bits per heavy atom. The summed E-state index contributed by atoms with van der Waals surface area (Å²) in [5.74, 6) is -0.934. The summed E-state index contributed by atoms with van der Waals surface area (Å²) in [6.45, 7) is 8.45. The number of hydrogen-bond donors (Lipinski definition) is 1. The number of carbonyl (C=O) groups is 2. The molecule has 2 amide bonds. The van der Waals surface area contributed by atoms with Crippen LogP contribution in [0.4, 0.5) is 5.69 Å². The first-order chi connectivity index (χ1) is 19.2. The van der Waals surface area contributed by atoms with Crippen LogP contribution < -0.4 is 9.62 Å². The van der Waals surface area contributed by atoms with E-state index in [0.29, 0.717) is 38.3 Å². The largest absolute Gasteiger partial charge is 0.352 e. The van der Waals surface area contributed by atoms with Gasteiger partial charge in [0, 0.05) is 17.6 Å². The molecule has 0 aliphatic rings. The maximum absolute atomic E-state index is 14.0. The fourth-order valence-corrected chi connectivity index (χ4v) is 6.16. The van der Waals surface area contributed by atoms with E-state index in [1.54, 1.807) is 62.4 Å². The van der Waals surface area contributed by atoms with Gasteiger partial charge in [-0.05, 0) is 87.7 Å². The second-order valence-electron chi connectivity index (χ2n) is 10.0. The first-order valence-corrected chi connectivity index (χ1v) is 15.7. The van der Waals surface area contributed by atoms with Crippen molar-refractivity contribution in [2.75, 3.05) is 10.8 Å². The van der Waals surface area contributed by atoms with Crippen LogP contribution in [-0.2, 0) is 26.2 Å². The molecule has 0 radical (unpaired) electrons. The van der Waals surface area contributed by atoms with Gasteiger partial charge in [0.15, 0.2) is 0 Å². The molecule has 11 heteroatoms. The van der Waals surface area contributed by atoms with Gasteiger partial charge in [-0.1, -0.05) is 65.5 Å². The van der Waals surface area contributed by atoms with Crippen molar-refractivity contribution in [3.63, 3.8) is 0 Å². The van der Waals surface area contributed by atoms with Gasteiger partial charge in [0.25, 0.3) is 10.0 Å². The van der Waals surface area contributed by atoms with Crippen LogP contribution >= 0.6 is 34.8 Å². The number of benzene rings is 3. The molecule has 220 valence electrons. The Kier molecular flexibility index (Phi) is 11.1. The first-order valence-electron chi connectivity index (χ1n) is 13.1. The number of nitrogens with zero attached hydrogens (tertiary/aromatic N) is 2. The van der Waals surface area contributed by atoms with Gasteiger partial charge in [-0.25, -0.2) is 8.42 Å². The Morgan fingerprint density at radius 1 is 0.902 bits per heavy atom. The third-order valence-electron chi connectivity index (χ3n) is 6.82. The van der Waals surface area contributed by atoms with Gasteiger partial charge in [-0.15, -0.1) is 0 Å². The minimum absolute atomic E-state index is 0.00281. The summed E-state index contributed by atoms with van der Waals surface area (Å²) >= 11 is 18.5. The number of rotatable bonds is 11. The molecular formula is C30H34Cl3N3O4S. The van der Waals surface area contributed by atoms with E-state index in [1.165, 1.54) is 17.0 Å². The summed E-state index contributed by atoms with van der Waals surface area (Å²) in [5.41, 5.74) is 2.39. The summed E-state index contributed by atoms with van der Waals surface area (Å²) in [5, 5.41) is 3.99. The Hall–Kier alpha value is -2.78. The second kappa shape index (κ2) is 13.9. The molecule has 0 aromatic heterocycles. The maximum Gasteiger partial charge on any atom is 0.264 e. The highest BCUT2D eigenvalue weighted by molar-refractivity contribution is 7.92. The van der Waals surface area contributed by atoms with Crippen LogP contribution in [0.25, 0.3) is 0 Å². The highest BCUT2D eigenvalue weighted by Gasteiger charge is 2.33. The zero-order chi connectivity index (χ0) is 30.5. The molecule has 0 fully saturated rings. The van der Waals surface area contributed by atoms with Gasteiger partial charge in [0.05, 0.1) is 20.6 Å². The van der Waals surface area contributed by atoms with Crippen LogP contribution in [0.2, 0.25) is 15.1 Å². The van der Waals surface area contributed by atoms with Crippen molar-refractivity contribution < 1.29 is 18.0 Å². The summed E-state index contributed by atoms with van der Waals surface area (Å²) < 4.78 is 29.0. The highest BCUT2D eigenvalue weighted by atomic mass is 35.5. The van der Waals surface area contributed by atoms with Crippen molar-refractivity contribution in [1.82, 2.24) is 10.2 Å². The standard InChI is InChI=1S/C30H34Cl3N3O4S/c1-6-21(4)34-30(38)22(5)35(17-23-9-13-26(32)27(33)16-23)29(37)18-36(28-14-10-24(31)15-20(28)3)41(39,40)25-11-7-19(2)8-12-25/h7-16,21-22H,6,17-18H2,1-5H3,(H,34,38)/t21-,22+/m1/s1. The molecule has 3 rings (SSSR count). The lowest BCUT2D eigenvalue weighted by Gasteiger charge is -2.33. The molecule has 2 atom stereocenters. The normalized spacial score (nSPS) is 12.9. The lowest BCUT2D eigenvalue weighted by molar-refractivity contribution is -0.139. The molecule has 0 unspecified atom stereocenters. The molecule has 0 saturated heterocycles. The third-order valence-corrected chi connectivity index (χ3v) is 9.57. The molecule has 1 N–H and O–H groups in total. The van der Waals surface area contributed by atoms with E-state index in [0.717, 1.165) is 9.87 Å². The van der Waals surface area contributed by atoms with Crippen molar-refractivity contribution in [3.05, 3.63) is 92.4 Å². The number of amides is 2. The molecule has 0 aliphatic carbocycles. The minimum atomic E-state index is -4.19. The topological polar surface area (TPSA) is 86.8 Å². The molecule has 0 bridgehead atoms. The minimum Gasteiger partial charge on any atom is -0.352 e. The van der Waals surface area contributed by atoms with Crippen LogP contribution in [0.3, 0.4) is 0 Å². The quantitative estimate of drug-likeness (QED) is 0.251. The van der Waals surface area contributed by atoms with Crippen LogP contribution in [0.15, 0.2) is 65.6 Å². The lowest BCUT2D eigenvalue weighted by Crippen LogP contribution is -2.52. The Morgan fingerprint density at radius 3 is 2.15 bits per heavy atom.